The number of aromatic amines is 1. The molecule has 13 heavy (non-hydrogen) atoms. The van der Waals surface area contributed by atoms with Crippen molar-refractivity contribution in [2.45, 2.75) is 13.8 Å². The van der Waals surface area contributed by atoms with Gasteiger partial charge in [-0.2, -0.15) is 0 Å². The smallest absolute Gasteiger partial charge is 0.177 e. The van der Waals surface area contributed by atoms with Gasteiger partial charge in [0, 0.05) is 13.3 Å². The summed E-state index contributed by atoms with van der Waals surface area (Å²) in [7, 11) is 1.00. The lowest BCUT2D eigenvalue weighted by Crippen LogP contribution is -1.71. The van der Waals surface area contributed by atoms with Crippen LogP contribution in [-0.4, -0.2) is 27.2 Å². The fraction of sp³-hybridized carbons (Fsp3) is 0.333. The van der Waals surface area contributed by atoms with Gasteiger partial charge in [0.2, 0.25) is 0 Å². The van der Waals surface area contributed by atoms with Gasteiger partial charge in [0.25, 0.3) is 0 Å². The zero-order valence-corrected chi connectivity index (χ0v) is 8.15. The Kier molecular flexibility index (Phi) is 6.45. The zero-order chi connectivity index (χ0) is 10.1. The third kappa shape index (κ3) is 3.21. The first-order valence-electron chi connectivity index (χ1n) is 4.15. The number of nitrogens with zero attached hydrogens (tertiary/aromatic N) is 2. The Morgan fingerprint density at radius 3 is 2.54 bits per heavy atom. The van der Waals surface area contributed by atoms with E-state index in [1.807, 2.05) is 26.0 Å². The minimum Gasteiger partial charge on any atom is -0.400 e. The molecule has 0 aromatic carbocycles. The quantitative estimate of drug-likeness (QED) is 0.648. The lowest BCUT2D eigenvalue weighted by atomic mass is 10.4. The number of imidazole rings is 1. The van der Waals surface area contributed by atoms with E-state index in [1.165, 1.54) is 0 Å². The van der Waals surface area contributed by atoms with Gasteiger partial charge < -0.3 is 10.1 Å². The van der Waals surface area contributed by atoms with E-state index in [1.54, 1.807) is 12.5 Å². The van der Waals surface area contributed by atoms with Crippen molar-refractivity contribution in [2.75, 3.05) is 7.11 Å². The van der Waals surface area contributed by atoms with Crippen molar-refractivity contribution in [3.05, 3.63) is 24.7 Å². The fourth-order valence-electron chi connectivity index (χ4n) is 0.775. The second-order valence-corrected chi connectivity index (χ2v) is 1.78. The summed E-state index contributed by atoms with van der Waals surface area (Å²) in [5.74, 6) is 0. The van der Waals surface area contributed by atoms with E-state index >= 15 is 0 Å². The van der Waals surface area contributed by atoms with Crippen LogP contribution >= 0.6 is 0 Å². The number of pyridine rings is 1. The molecule has 72 valence electrons. The number of aliphatic hydroxyl groups is 1. The first kappa shape index (κ1) is 11.6. The molecule has 0 unspecified atom stereocenters. The normalized spacial score (nSPS) is 8.00. The Hall–Kier alpha value is -1.42. The van der Waals surface area contributed by atoms with E-state index in [9.17, 15) is 0 Å². The van der Waals surface area contributed by atoms with Gasteiger partial charge >= 0.3 is 0 Å². The van der Waals surface area contributed by atoms with Gasteiger partial charge in [-0.15, -0.1) is 0 Å². The number of rotatable bonds is 0. The summed E-state index contributed by atoms with van der Waals surface area (Å²) in [4.78, 5) is 10.9. The molecule has 2 aromatic heterocycles. The third-order valence-electron chi connectivity index (χ3n) is 1.19. The lowest BCUT2D eigenvalue weighted by Gasteiger charge is -1.80. The number of H-pyrrole nitrogens is 1. The fourth-order valence-corrected chi connectivity index (χ4v) is 0.775. The van der Waals surface area contributed by atoms with Crippen LogP contribution in [0.25, 0.3) is 11.2 Å². The molecule has 0 aliphatic carbocycles. The van der Waals surface area contributed by atoms with E-state index in [4.69, 9.17) is 5.11 Å². The molecule has 2 heterocycles. The molecule has 2 N–H and O–H groups in total. The second-order valence-electron chi connectivity index (χ2n) is 1.78. The van der Waals surface area contributed by atoms with Gasteiger partial charge in [-0.25, -0.2) is 9.97 Å². The zero-order valence-electron chi connectivity index (χ0n) is 8.15. The molecule has 2 rings (SSSR count). The van der Waals surface area contributed by atoms with E-state index in [0.717, 1.165) is 18.3 Å². The molecule has 0 spiro atoms. The molecule has 4 nitrogen and oxygen atoms in total. The van der Waals surface area contributed by atoms with E-state index < -0.39 is 0 Å². The highest BCUT2D eigenvalue weighted by Crippen LogP contribution is 2.01. The van der Waals surface area contributed by atoms with E-state index in [0.29, 0.717) is 0 Å². The number of aliphatic hydroxyl groups excluding tert-OH is 1. The molecule has 0 fully saturated rings. The standard InChI is InChI=1S/C6H5N3.C2H6.CH4O/c1-2-5-6(7-3-1)9-4-8-5;2*1-2/h1-4H,(H,7,8,9);1-2H3;2H,1H3. The minimum atomic E-state index is 0.775. The molecule has 0 radical (unpaired) electrons. The van der Waals surface area contributed by atoms with Crippen molar-refractivity contribution < 1.29 is 5.11 Å². The molecule has 0 aliphatic heterocycles. The average molecular weight is 181 g/mol. The summed E-state index contributed by atoms with van der Waals surface area (Å²) in [5.41, 5.74) is 1.76. The number of nitrogens with one attached hydrogen (secondary N) is 1. The predicted octanol–water partition coefficient (Wildman–Crippen LogP) is 1.59. The van der Waals surface area contributed by atoms with E-state index in [2.05, 4.69) is 15.0 Å². The van der Waals surface area contributed by atoms with Crippen molar-refractivity contribution in [2.24, 2.45) is 0 Å². The van der Waals surface area contributed by atoms with Crippen molar-refractivity contribution >= 4 is 11.2 Å². The molecule has 0 atom stereocenters. The van der Waals surface area contributed by atoms with Crippen LogP contribution in [0.4, 0.5) is 0 Å². The van der Waals surface area contributed by atoms with Crippen molar-refractivity contribution in [3.63, 3.8) is 0 Å². The predicted molar refractivity (Wildman–Crippen MR) is 53.4 cm³/mol. The summed E-state index contributed by atoms with van der Waals surface area (Å²) in [5, 5.41) is 7.00. The van der Waals surface area contributed by atoms with Crippen LogP contribution in [0.3, 0.4) is 0 Å². The molecule has 2 aromatic rings. The second kappa shape index (κ2) is 7.24. The number of fused-ring (bicyclic) bond motifs is 1. The summed E-state index contributed by atoms with van der Waals surface area (Å²) in [6.07, 6.45) is 3.36. The van der Waals surface area contributed by atoms with Crippen LogP contribution in [0.15, 0.2) is 24.7 Å². The Morgan fingerprint density at radius 2 is 1.92 bits per heavy atom. The molecule has 0 aliphatic rings. The summed E-state index contributed by atoms with van der Waals surface area (Å²) >= 11 is 0. The molecule has 0 saturated heterocycles. The highest BCUT2D eigenvalue weighted by atomic mass is 16.2. The van der Waals surface area contributed by atoms with Crippen LogP contribution in [-0.2, 0) is 0 Å². The average Bonchev–Trinajstić information content (AvgIpc) is 2.71. The minimum absolute atomic E-state index is 0.775. The monoisotopic (exact) mass is 181 g/mol. The first-order valence-corrected chi connectivity index (χ1v) is 4.15. The Labute approximate surface area is 77.7 Å². The highest BCUT2D eigenvalue weighted by molar-refractivity contribution is 5.68. The molecule has 0 saturated carbocycles. The van der Waals surface area contributed by atoms with E-state index in [-0.39, 0.29) is 0 Å². The summed E-state index contributed by atoms with van der Waals surface area (Å²) in [6, 6.07) is 3.82. The summed E-state index contributed by atoms with van der Waals surface area (Å²) < 4.78 is 0. The maximum Gasteiger partial charge on any atom is 0.177 e. The van der Waals surface area contributed by atoms with Crippen LogP contribution in [0.5, 0.6) is 0 Å². The largest absolute Gasteiger partial charge is 0.400 e. The van der Waals surface area contributed by atoms with Crippen molar-refractivity contribution in [3.8, 4) is 0 Å². The Morgan fingerprint density at radius 1 is 1.23 bits per heavy atom. The van der Waals surface area contributed by atoms with Gasteiger partial charge in [0.05, 0.1) is 11.8 Å². The third-order valence-corrected chi connectivity index (χ3v) is 1.19. The molecular formula is C9H15N3O. The topological polar surface area (TPSA) is 61.8 Å². The maximum absolute atomic E-state index is 7.00. The van der Waals surface area contributed by atoms with Crippen LogP contribution < -0.4 is 0 Å². The van der Waals surface area contributed by atoms with Crippen molar-refractivity contribution in [1.29, 1.82) is 0 Å². The van der Waals surface area contributed by atoms with Crippen LogP contribution in [0.1, 0.15) is 13.8 Å². The van der Waals surface area contributed by atoms with Gasteiger partial charge in [0.1, 0.15) is 0 Å². The number of hydrogen-bond acceptors (Lipinski definition) is 3. The SMILES string of the molecule is CC.CO.c1cnc2nc[nH]c2c1. The van der Waals surface area contributed by atoms with Crippen LogP contribution in [0, 0.1) is 0 Å². The Bertz CT molecular complexity index is 289. The number of aromatic nitrogens is 3. The van der Waals surface area contributed by atoms with Gasteiger partial charge in [-0.05, 0) is 12.1 Å². The molecular weight excluding hydrogens is 166 g/mol. The van der Waals surface area contributed by atoms with Gasteiger partial charge in [0.15, 0.2) is 5.65 Å². The maximum atomic E-state index is 7.00. The lowest BCUT2D eigenvalue weighted by molar-refractivity contribution is 0.399. The highest BCUT2D eigenvalue weighted by Gasteiger charge is 1.90. The van der Waals surface area contributed by atoms with Gasteiger partial charge in [-0.1, -0.05) is 13.8 Å². The molecule has 0 amide bonds. The van der Waals surface area contributed by atoms with Crippen LogP contribution in [0.2, 0.25) is 0 Å². The molecule has 0 bridgehead atoms. The molecule has 4 heteroatoms. The van der Waals surface area contributed by atoms with Gasteiger partial charge in [-0.3, -0.25) is 0 Å². The van der Waals surface area contributed by atoms with Crippen molar-refractivity contribution in [1.82, 2.24) is 15.0 Å². The summed E-state index contributed by atoms with van der Waals surface area (Å²) in [6.45, 7) is 4.00. The number of hydrogen-bond donors (Lipinski definition) is 2. The Balaban J connectivity index is 0.000000322. The first-order chi connectivity index (χ1) is 6.47.